The monoisotopic (exact) mass is 464 g/mol. The van der Waals surface area contributed by atoms with Crippen LogP contribution in [0.4, 0.5) is 28.6 Å². The van der Waals surface area contributed by atoms with Crippen LogP contribution in [0.3, 0.4) is 0 Å². The van der Waals surface area contributed by atoms with E-state index >= 15 is 0 Å². The quantitative estimate of drug-likeness (QED) is 0.335. The van der Waals surface area contributed by atoms with Crippen molar-refractivity contribution >= 4 is 50.5 Å². The second kappa shape index (κ2) is 8.88. The van der Waals surface area contributed by atoms with E-state index < -0.39 is 0 Å². The first-order valence-corrected chi connectivity index (χ1v) is 11.9. The molecule has 1 fully saturated rings. The molecule has 35 heavy (non-hydrogen) atoms. The number of H-pyrrole nitrogens is 1. The standard InChI is InChI=1S/C27H28N8/c1-18-14-24(26-22(31-18)7-8-23-27(26)30-17-29-23)33-20-5-3-4-19(15-20)32-21-6-9-25(28-16-21)35-12-10-34(2)11-13-35/h3-9,14-17,31-33H,10-13H2,1-2H3. The molecule has 2 aromatic carbocycles. The summed E-state index contributed by atoms with van der Waals surface area (Å²) in [4.78, 5) is 21.7. The maximum atomic E-state index is 4.69. The summed E-state index contributed by atoms with van der Waals surface area (Å²) in [5.74, 6) is 1.03. The minimum Gasteiger partial charge on any atom is -0.358 e. The Hall–Kier alpha value is -4.17. The molecule has 3 aromatic heterocycles. The fraction of sp³-hybridized carbons (Fsp3) is 0.222. The topological polar surface area (TPSA) is 85.0 Å². The van der Waals surface area contributed by atoms with Gasteiger partial charge in [0.15, 0.2) is 0 Å². The van der Waals surface area contributed by atoms with E-state index in [-0.39, 0.29) is 0 Å². The first-order chi connectivity index (χ1) is 17.1. The molecule has 5 aromatic rings. The average molecular weight is 465 g/mol. The fourth-order valence-electron chi connectivity index (χ4n) is 4.66. The molecule has 8 nitrogen and oxygen atoms in total. The Bertz CT molecular complexity index is 1480. The molecule has 1 saturated heterocycles. The Morgan fingerprint density at radius 2 is 1.66 bits per heavy atom. The Kier molecular flexibility index (Phi) is 5.42. The van der Waals surface area contributed by atoms with E-state index in [1.165, 1.54) is 0 Å². The van der Waals surface area contributed by atoms with Gasteiger partial charge in [-0.1, -0.05) is 6.07 Å². The summed E-state index contributed by atoms with van der Waals surface area (Å²) in [5.41, 5.74) is 7.82. The first-order valence-electron chi connectivity index (χ1n) is 11.9. The molecule has 0 amide bonds. The number of nitrogens with zero attached hydrogens (tertiary/aromatic N) is 5. The number of likely N-dealkylation sites (N-methyl/N-ethyl adjacent to an activating group) is 1. The lowest BCUT2D eigenvalue weighted by atomic mass is 10.1. The van der Waals surface area contributed by atoms with Crippen LogP contribution in [0.2, 0.25) is 0 Å². The van der Waals surface area contributed by atoms with Gasteiger partial charge in [0.25, 0.3) is 0 Å². The number of imidazole rings is 1. The Balaban J connectivity index is 1.23. The van der Waals surface area contributed by atoms with Crippen molar-refractivity contribution in [3.63, 3.8) is 0 Å². The van der Waals surface area contributed by atoms with E-state index in [1.807, 2.05) is 18.3 Å². The highest BCUT2D eigenvalue weighted by Crippen LogP contribution is 2.32. The molecule has 3 N–H and O–H groups in total. The van der Waals surface area contributed by atoms with Gasteiger partial charge in [0.2, 0.25) is 0 Å². The van der Waals surface area contributed by atoms with E-state index in [2.05, 4.69) is 91.8 Å². The van der Waals surface area contributed by atoms with Crippen LogP contribution in [0, 0.1) is 6.92 Å². The zero-order valence-corrected chi connectivity index (χ0v) is 19.9. The number of nitrogens with one attached hydrogen (secondary N) is 3. The number of fused-ring (bicyclic) bond motifs is 3. The molecule has 0 unspecified atom stereocenters. The number of benzene rings is 2. The third kappa shape index (κ3) is 4.36. The van der Waals surface area contributed by atoms with E-state index in [0.717, 1.165) is 82.4 Å². The molecule has 1 aliphatic rings. The summed E-state index contributed by atoms with van der Waals surface area (Å²) in [6, 6.07) is 18.6. The van der Waals surface area contributed by atoms with Crippen molar-refractivity contribution < 1.29 is 0 Å². The molecular formula is C27H28N8. The van der Waals surface area contributed by atoms with Crippen LogP contribution in [0.5, 0.6) is 0 Å². The molecule has 6 rings (SSSR count). The average Bonchev–Trinajstić information content (AvgIpc) is 3.34. The molecule has 0 saturated carbocycles. The third-order valence-electron chi connectivity index (χ3n) is 6.51. The van der Waals surface area contributed by atoms with Crippen molar-refractivity contribution in [2.45, 2.75) is 6.92 Å². The minimum atomic E-state index is 0.890. The zero-order chi connectivity index (χ0) is 23.8. The number of aromatic amines is 1. The summed E-state index contributed by atoms with van der Waals surface area (Å²) < 4.78 is 0. The van der Waals surface area contributed by atoms with Crippen LogP contribution in [-0.4, -0.2) is 58.1 Å². The predicted molar refractivity (Wildman–Crippen MR) is 143 cm³/mol. The molecule has 0 bridgehead atoms. The highest BCUT2D eigenvalue weighted by atomic mass is 15.3. The van der Waals surface area contributed by atoms with Gasteiger partial charge in [-0.05, 0) is 62.5 Å². The molecule has 0 spiro atoms. The van der Waals surface area contributed by atoms with Crippen LogP contribution in [-0.2, 0) is 0 Å². The number of aromatic nitrogens is 4. The lowest BCUT2D eigenvalue weighted by molar-refractivity contribution is 0.312. The zero-order valence-electron chi connectivity index (χ0n) is 19.9. The number of rotatable bonds is 5. The number of aryl methyl sites for hydroxylation is 1. The van der Waals surface area contributed by atoms with Crippen LogP contribution in [0.15, 0.2) is 67.1 Å². The second-order valence-corrected chi connectivity index (χ2v) is 9.12. The molecular weight excluding hydrogens is 436 g/mol. The smallest absolute Gasteiger partial charge is 0.128 e. The van der Waals surface area contributed by atoms with Crippen molar-refractivity contribution in [3.05, 3.63) is 72.8 Å². The van der Waals surface area contributed by atoms with E-state index in [4.69, 9.17) is 4.98 Å². The molecule has 0 atom stereocenters. The Morgan fingerprint density at radius 1 is 0.829 bits per heavy atom. The van der Waals surface area contributed by atoms with Gasteiger partial charge in [0.1, 0.15) is 17.7 Å². The van der Waals surface area contributed by atoms with Gasteiger partial charge in [-0.15, -0.1) is 0 Å². The normalized spacial score (nSPS) is 14.5. The molecule has 0 radical (unpaired) electrons. The Labute approximate surface area is 204 Å². The summed E-state index contributed by atoms with van der Waals surface area (Å²) in [5, 5.41) is 8.12. The minimum absolute atomic E-state index is 0.890. The fourth-order valence-corrected chi connectivity index (χ4v) is 4.66. The van der Waals surface area contributed by atoms with Gasteiger partial charge in [0, 0.05) is 54.2 Å². The maximum Gasteiger partial charge on any atom is 0.128 e. The summed E-state index contributed by atoms with van der Waals surface area (Å²) in [7, 11) is 2.16. The lowest BCUT2D eigenvalue weighted by Crippen LogP contribution is -2.44. The van der Waals surface area contributed by atoms with Crippen molar-refractivity contribution in [1.82, 2.24) is 24.8 Å². The van der Waals surface area contributed by atoms with Crippen LogP contribution >= 0.6 is 0 Å². The van der Waals surface area contributed by atoms with Crippen LogP contribution in [0.1, 0.15) is 5.69 Å². The molecule has 8 heteroatoms. The number of anilines is 5. The van der Waals surface area contributed by atoms with Gasteiger partial charge in [-0.25, -0.2) is 15.0 Å². The number of piperazine rings is 1. The first kappa shape index (κ1) is 21.4. The highest BCUT2D eigenvalue weighted by Gasteiger charge is 2.15. The number of hydrogen-bond donors (Lipinski definition) is 3. The SMILES string of the molecule is Cc1cc(Nc2cccc(Nc3ccc(N4CCN(C)CC4)nc3)c2)c2c(ccc3ncnc32)[nH]1. The lowest BCUT2D eigenvalue weighted by Gasteiger charge is -2.33. The predicted octanol–water partition coefficient (Wildman–Crippen LogP) is 5.05. The van der Waals surface area contributed by atoms with E-state index in [9.17, 15) is 0 Å². The van der Waals surface area contributed by atoms with Crippen molar-refractivity contribution in [1.29, 1.82) is 0 Å². The Morgan fingerprint density at radius 3 is 2.46 bits per heavy atom. The summed E-state index contributed by atoms with van der Waals surface area (Å²) in [6.45, 7) is 6.22. The van der Waals surface area contributed by atoms with Gasteiger partial charge < -0.3 is 25.4 Å². The van der Waals surface area contributed by atoms with E-state index in [0.29, 0.717) is 0 Å². The molecule has 176 valence electrons. The van der Waals surface area contributed by atoms with Crippen molar-refractivity contribution in [3.8, 4) is 0 Å². The van der Waals surface area contributed by atoms with Crippen molar-refractivity contribution in [2.75, 3.05) is 48.8 Å². The molecule has 0 aliphatic carbocycles. The van der Waals surface area contributed by atoms with Gasteiger partial charge in [0.05, 0.1) is 23.1 Å². The van der Waals surface area contributed by atoms with Gasteiger partial charge in [-0.2, -0.15) is 0 Å². The van der Waals surface area contributed by atoms with Crippen molar-refractivity contribution in [2.24, 2.45) is 0 Å². The van der Waals surface area contributed by atoms with E-state index in [1.54, 1.807) is 6.33 Å². The molecule has 1 aliphatic heterocycles. The van der Waals surface area contributed by atoms with Crippen LogP contribution < -0.4 is 15.5 Å². The van der Waals surface area contributed by atoms with Crippen LogP contribution in [0.25, 0.3) is 21.9 Å². The number of hydrogen-bond acceptors (Lipinski definition) is 7. The number of pyridine rings is 2. The summed E-state index contributed by atoms with van der Waals surface area (Å²) >= 11 is 0. The largest absolute Gasteiger partial charge is 0.358 e. The summed E-state index contributed by atoms with van der Waals surface area (Å²) in [6.07, 6.45) is 3.52. The van der Waals surface area contributed by atoms with Gasteiger partial charge >= 0.3 is 0 Å². The maximum absolute atomic E-state index is 4.69. The second-order valence-electron chi connectivity index (χ2n) is 9.12. The highest BCUT2D eigenvalue weighted by molar-refractivity contribution is 6.10. The molecule has 4 heterocycles. The third-order valence-corrected chi connectivity index (χ3v) is 6.51. The van der Waals surface area contributed by atoms with Gasteiger partial charge in [-0.3, -0.25) is 0 Å².